The van der Waals surface area contributed by atoms with Gasteiger partial charge in [-0.2, -0.15) is 11.8 Å². The summed E-state index contributed by atoms with van der Waals surface area (Å²) in [5, 5.41) is 3.66. The van der Waals surface area contributed by atoms with Crippen LogP contribution in [-0.2, 0) is 0 Å². The largest absolute Gasteiger partial charge is 0.316 e. The summed E-state index contributed by atoms with van der Waals surface area (Å²) in [6.45, 7) is 7.02. The average molecular weight is 272 g/mol. The van der Waals surface area contributed by atoms with Gasteiger partial charge in [0.25, 0.3) is 0 Å². The van der Waals surface area contributed by atoms with Crippen LogP contribution in [0.1, 0.15) is 65.2 Å². The lowest BCUT2D eigenvalue weighted by atomic mass is 9.84. The van der Waals surface area contributed by atoms with Crippen molar-refractivity contribution in [2.45, 2.75) is 65.2 Å². The van der Waals surface area contributed by atoms with Gasteiger partial charge >= 0.3 is 0 Å². The Bertz CT molecular complexity index is 184. The number of hydrogen-bond acceptors (Lipinski definition) is 2. The number of rotatable bonds is 9. The second kappa shape index (κ2) is 11.2. The van der Waals surface area contributed by atoms with Gasteiger partial charge in [0.15, 0.2) is 0 Å². The highest BCUT2D eigenvalue weighted by Gasteiger charge is 2.22. The first-order valence-electron chi connectivity index (χ1n) is 8.16. The zero-order valence-electron chi connectivity index (χ0n) is 12.5. The molecule has 1 fully saturated rings. The molecule has 0 aliphatic heterocycles. The third kappa shape index (κ3) is 7.04. The van der Waals surface area contributed by atoms with Gasteiger partial charge in [0.1, 0.15) is 0 Å². The minimum atomic E-state index is 0.964. The topological polar surface area (TPSA) is 12.0 Å². The number of thioether (sulfide) groups is 1. The Morgan fingerprint density at radius 2 is 1.83 bits per heavy atom. The van der Waals surface area contributed by atoms with Crippen LogP contribution in [0.3, 0.4) is 0 Å². The molecule has 1 nitrogen and oxygen atoms in total. The maximum absolute atomic E-state index is 3.66. The predicted octanol–water partition coefficient (Wildman–Crippen LogP) is 4.72. The summed E-state index contributed by atoms with van der Waals surface area (Å²) in [5.41, 5.74) is 0. The van der Waals surface area contributed by atoms with E-state index in [1.54, 1.807) is 0 Å². The molecule has 2 atom stereocenters. The Hall–Kier alpha value is 0.310. The minimum Gasteiger partial charge on any atom is -0.316 e. The quantitative estimate of drug-likeness (QED) is 0.481. The van der Waals surface area contributed by atoms with E-state index in [0.717, 1.165) is 11.8 Å². The van der Waals surface area contributed by atoms with E-state index in [1.165, 1.54) is 76.0 Å². The van der Waals surface area contributed by atoms with E-state index in [4.69, 9.17) is 0 Å². The van der Waals surface area contributed by atoms with Gasteiger partial charge in [-0.05, 0) is 62.1 Å². The molecule has 0 bridgehead atoms. The number of nitrogens with one attached hydrogen (secondary N) is 1. The van der Waals surface area contributed by atoms with Crippen molar-refractivity contribution in [2.24, 2.45) is 11.8 Å². The monoisotopic (exact) mass is 271 g/mol. The second-order valence-electron chi connectivity index (χ2n) is 5.70. The maximum atomic E-state index is 3.66. The van der Waals surface area contributed by atoms with E-state index >= 15 is 0 Å². The molecule has 1 N–H and O–H groups in total. The number of hydrogen-bond donors (Lipinski definition) is 1. The highest BCUT2D eigenvalue weighted by Crippen LogP contribution is 2.32. The van der Waals surface area contributed by atoms with E-state index in [2.05, 4.69) is 30.9 Å². The van der Waals surface area contributed by atoms with E-state index in [0.29, 0.717) is 0 Å². The molecule has 0 aromatic heterocycles. The van der Waals surface area contributed by atoms with E-state index in [1.807, 2.05) is 0 Å². The molecular formula is C16H33NS. The normalized spacial score (nSPS) is 25.0. The highest BCUT2D eigenvalue weighted by molar-refractivity contribution is 7.99. The van der Waals surface area contributed by atoms with Crippen molar-refractivity contribution < 1.29 is 0 Å². The fourth-order valence-electron chi connectivity index (χ4n) is 3.17. The van der Waals surface area contributed by atoms with Crippen LogP contribution >= 0.6 is 11.8 Å². The summed E-state index contributed by atoms with van der Waals surface area (Å²) in [7, 11) is 0. The smallest absolute Gasteiger partial charge is 0.00179 e. The van der Waals surface area contributed by atoms with Gasteiger partial charge < -0.3 is 5.32 Å². The molecule has 18 heavy (non-hydrogen) atoms. The summed E-state index contributed by atoms with van der Waals surface area (Å²) in [4.78, 5) is 0. The molecule has 1 aliphatic carbocycles. The van der Waals surface area contributed by atoms with Crippen LogP contribution in [0.25, 0.3) is 0 Å². The van der Waals surface area contributed by atoms with Gasteiger partial charge in [-0.25, -0.2) is 0 Å². The van der Waals surface area contributed by atoms with Crippen molar-refractivity contribution in [3.8, 4) is 0 Å². The molecule has 0 spiro atoms. The van der Waals surface area contributed by atoms with E-state index in [9.17, 15) is 0 Å². The van der Waals surface area contributed by atoms with Crippen molar-refractivity contribution in [1.29, 1.82) is 0 Å². The first kappa shape index (κ1) is 16.4. The molecule has 1 aliphatic rings. The zero-order chi connectivity index (χ0) is 13.1. The third-order valence-corrected chi connectivity index (χ3v) is 5.20. The lowest BCUT2D eigenvalue weighted by Crippen LogP contribution is -2.28. The van der Waals surface area contributed by atoms with E-state index in [-0.39, 0.29) is 0 Å². The molecule has 108 valence electrons. The van der Waals surface area contributed by atoms with Gasteiger partial charge in [-0.15, -0.1) is 0 Å². The molecule has 0 aromatic carbocycles. The van der Waals surface area contributed by atoms with Crippen LogP contribution in [0.15, 0.2) is 0 Å². The van der Waals surface area contributed by atoms with Crippen molar-refractivity contribution in [3.05, 3.63) is 0 Å². The zero-order valence-corrected chi connectivity index (χ0v) is 13.4. The van der Waals surface area contributed by atoms with Crippen molar-refractivity contribution in [3.63, 3.8) is 0 Å². The average Bonchev–Trinajstić information content (AvgIpc) is 2.61. The predicted molar refractivity (Wildman–Crippen MR) is 85.5 cm³/mol. The summed E-state index contributed by atoms with van der Waals surface area (Å²) in [5.74, 6) is 4.63. The van der Waals surface area contributed by atoms with Crippen LogP contribution in [0.4, 0.5) is 0 Å². The Morgan fingerprint density at radius 3 is 2.56 bits per heavy atom. The van der Waals surface area contributed by atoms with Crippen molar-refractivity contribution in [2.75, 3.05) is 24.6 Å². The molecule has 1 rings (SSSR count). The first-order valence-corrected chi connectivity index (χ1v) is 9.32. The standard InChI is InChI=1S/C16H33NS/c1-3-12-17-14-16-10-7-5-6-9-15(16)11-8-13-18-4-2/h15-17H,3-14H2,1-2H3. The maximum Gasteiger partial charge on any atom is -0.00179 e. The minimum absolute atomic E-state index is 0.964. The van der Waals surface area contributed by atoms with E-state index < -0.39 is 0 Å². The second-order valence-corrected chi connectivity index (χ2v) is 7.10. The van der Waals surface area contributed by atoms with Gasteiger partial charge in [-0.3, -0.25) is 0 Å². The van der Waals surface area contributed by atoms with Gasteiger partial charge in [0.05, 0.1) is 0 Å². The molecule has 0 saturated heterocycles. The van der Waals surface area contributed by atoms with Crippen LogP contribution in [0, 0.1) is 11.8 Å². The lowest BCUT2D eigenvalue weighted by molar-refractivity contribution is 0.282. The SMILES string of the molecule is CCCNCC1CCCCCC1CCCSCC. The molecule has 0 heterocycles. The molecule has 0 aromatic rings. The molecule has 0 amide bonds. The molecule has 0 radical (unpaired) electrons. The summed E-state index contributed by atoms with van der Waals surface area (Å²) < 4.78 is 0. The first-order chi connectivity index (χ1) is 8.88. The van der Waals surface area contributed by atoms with Crippen molar-refractivity contribution >= 4 is 11.8 Å². The van der Waals surface area contributed by atoms with Gasteiger partial charge in [0, 0.05) is 0 Å². The van der Waals surface area contributed by atoms with Crippen LogP contribution in [-0.4, -0.2) is 24.6 Å². The summed E-state index contributed by atoms with van der Waals surface area (Å²) in [6, 6.07) is 0. The lowest BCUT2D eigenvalue weighted by Gasteiger charge is -2.25. The molecule has 2 heteroatoms. The van der Waals surface area contributed by atoms with Gasteiger partial charge in [0.2, 0.25) is 0 Å². The molecule has 2 unspecified atom stereocenters. The fraction of sp³-hybridized carbons (Fsp3) is 1.00. The van der Waals surface area contributed by atoms with Crippen LogP contribution in [0.5, 0.6) is 0 Å². The Kier molecular flexibility index (Phi) is 10.1. The Morgan fingerprint density at radius 1 is 1.06 bits per heavy atom. The summed E-state index contributed by atoms with van der Waals surface area (Å²) in [6.07, 6.45) is 11.6. The Labute approximate surface area is 119 Å². The fourth-order valence-corrected chi connectivity index (χ4v) is 3.83. The molecule has 1 saturated carbocycles. The van der Waals surface area contributed by atoms with Crippen LogP contribution < -0.4 is 5.32 Å². The summed E-state index contributed by atoms with van der Waals surface area (Å²) >= 11 is 2.11. The van der Waals surface area contributed by atoms with Crippen molar-refractivity contribution in [1.82, 2.24) is 5.32 Å². The Balaban J connectivity index is 2.27. The highest BCUT2D eigenvalue weighted by atomic mass is 32.2. The van der Waals surface area contributed by atoms with Gasteiger partial charge in [-0.1, -0.05) is 39.5 Å². The molecular weight excluding hydrogens is 238 g/mol. The third-order valence-electron chi connectivity index (χ3n) is 4.22. The van der Waals surface area contributed by atoms with Crippen LogP contribution in [0.2, 0.25) is 0 Å².